The molecule has 3 aromatic carbocycles. The largest absolute Gasteiger partial charge is 0.491 e. The average Bonchev–Trinajstić information content (AvgIpc) is 2.93. The van der Waals surface area contributed by atoms with Gasteiger partial charge in [0.1, 0.15) is 12.4 Å². The molecule has 2 amide bonds. The second-order valence-corrected chi connectivity index (χ2v) is 9.67. The molecule has 4 rings (SSSR count). The summed E-state index contributed by atoms with van der Waals surface area (Å²) < 4.78 is 11.7. The summed E-state index contributed by atoms with van der Waals surface area (Å²) in [5.74, 6) is 0.257. The highest BCUT2D eigenvalue weighted by Crippen LogP contribution is 2.26. The van der Waals surface area contributed by atoms with Gasteiger partial charge in [0.2, 0.25) is 0 Å². The molecule has 0 unspecified atom stereocenters. The summed E-state index contributed by atoms with van der Waals surface area (Å²) in [5.41, 5.74) is 3.58. The predicted octanol–water partition coefficient (Wildman–Crippen LogP) is 4.70. The summed E-state index contributed by atoms with van der Waals surface area (Å²) in [6.45, 7) is 5.76. The number of carbonyl (C=O) groups excluding carboxylic acids is 2. The lowest BCUT2D eigenvalue weighted by molar-refractivity contribution is 0.0281. The van der Waals surface area contributed by atoms with E-state index in [4.69, 9.17) is 9.47 Å². The number of amides is 2. The van der Waals surface area contributed by atoms with Crippen molar-refractivity contribution in [3.63, 3.8) is 0 Å². The van der Waals surface area contributed by atoms with Gasteiger partial charge >= 0.3 is 0 Å². The SMILES string of the molecule is CO[C@H]1CN(C)C(=O)c2cc(NC(=O)c3ccc(-c4ccccc4)cc3)ccc2OC[C@@H](C)NC[C@H]1C. The van der Waals surface area contributed by atoms with Crippen molar-refractivity contribution >= 4 is 17.5 Å². The number of benzene rings is 3. The lowest BCUT2D eigenvalue weighted by Crippen LogP contribution is -2.44. The van der Waals surface area contributed by atoms with Crippen LogP contribution >= 0.6 is 0 Å². The number of hydrogen-bond donors (Lipinski definition) is 2. The minimum atomic E-state index is -0.250. The normalized spacial score (nSPS) is 20.7. The van der Waals surface area contributed by atoms with Crippen LogP contribution in [0.5, 0.6) is 5.75 Å². The molecule has 1 aliphatic heterocycles. The lowest BCUT2D eigenvalue weighted by Gasteiger charge is -2.30. The molecular formula is C30H35N3O4. The Morgan fingerprint density at radius 2 is 1.73 bits per heavy atom. The summed E-state index contributed by atoms with van der Waals surface area (Å²) in [7, 11) is 3.43. The fraction of sp³-hybridized carbons (Fsp3) is 0.333. The number of carbonyl (C=O) groups is 2. The molecule has 1 heterocycles. The van der Waals surface area contributed by atoms with Gasteiger partial charge in [-0.15, -0.1) is 0 Å². The number of ether oxygens (including phenoxy) is 2. The summed E-state index contributed by atoms with van der Waals surface area (Å²) in [6, 6.07) is 22.7. The van der Waals surface area contributed by atoms with Crippen LogP contribution in [0.25, 0.3) is 11.1 Å². The van der Waals surface area contributed by atoms with E-state index >= 15 is 0 Å². The molecule has 0 aromatic heterocycles. The van der Waals surface area contributed by atoms with Crippen molar-refractivity contribution in [2.24, 2.45) is 5.92 Å². The lowest BCUT2D eigenvalue weighted by atomic mass is 10.0. The van der Waals surface area contributed by atoms with Crippen LogP contribution in [-0.4, -0.2) is 62.7 Å². The molecule has 7 nitrogen and oxygen atoms in total. The summed E-state index contributed by atoms with van der Waals surface area (Å²) >= 11 is 0. The first-order valence-electron chi connectivity index (χ1n) is 12.6. The fourth-order valence-electron chi connectivity index (χ4n) is 4.39. The first-order chi connectivity index (χ1) is 17.9. The predicted molar refractivity (Wildman–Crippen MR) is 146 cm³/mol. The molecule has 0 bridgehead atoms. The van der Waals surface area contributed by atoms with Crippen molar-refractivity contribution in [2.45, 2.75) is 26.0 Å². The molecule has 0 saturated carbocycles. The van der Waals surface area contributed by atoms with Gasteiger partial charge in [0, 0.05) is 44.5 Å². The van der Waals surface area contributed by atoms with E-state index in [0.717, 1.165) is 17.7 Å². The van der Waals surface area contributed by atoms with Crippen molar-refractivity contribution in [3.8, 4) is 16.9 Å². The Morgan fingerprint density at radius 1 is 1.03 bits per heavy atom. The molecule has 3 atom stereocenters. The van der Waals surface area contributed by atoms with E-state index in [1.807, 2.05) is 49.4 Å². The fourth-order valence-corrected chi connectivity index (χ4v) is 4.39. The number of methoxy groups -OCH3 is 1. The maximum atomic E-state index is 13.4. The van der Waals surface area contributed by atoms with Crippen LogP contribution in [0.4, 0.5) is 5.69 Å². The smallest absolute Gasteiger partial charge is 0.257 e. The molecular weight excluding hydrogens is 466 g/mol. The van der Waals surface area contributed by atoms with Gasteiger partial charge in [-0.2, -0.15) is 0 Å². The van der Waals surface area contributed by atoms with Gasteiger partial charge in [0.25, 0.3) is 11.8 Å². The highest BCUT2D eigenvalue weighted by atomic mass is 16.5. The number of rotatable bonds is 4. The van der Waals surface area contributed by atoms with Crippen LogP contribution in [0.15, 0.2) is 72.8 Å². The van der Waals surface area contributed by atoms with E-state index in [-0.39, 0.29) is 29.9 Å². The quantitative estimate of drug-likeness (QED) is 0.542. The van der Waals surface area contributed by atoms with E-state index in [2.05, 4.69) is 17.6 Å². The van der Waals surface area contributed by atoms with Crippen molar-refractivity contribution in [2.75, 3.05) is 39.2 Å². The minimum Gasteiger partial charge on any atom is -0.491 e. The number of nitrogens with zero attached hydrogens (tertiary/aromatic N) is 1. The van der Waals surface area contributed by atoms with Gasteiger partial charge in [-0.1, -0.05) is 49.4 Å². The summed E-state index contributed by atoms with van der Waals surface area (Å²) in [6.07, 6.45) is -0.112. The number of hydrogen-bond acceptors (Lipinski definition) is 5. The van der Waals surface area contributed by atoms with Crippen LogP contribution in [-0.2, 0) is 4.74 Å². The molecule has 194 valence electrons. The number of nitrogens with one attached hydrogen (secondary N) is 2. The van der Waals surface area contributed by atoms with E-state index in [1.54, 1.807) is 49.4 Å². The Hall–Kier alpha value is -3.68. The molecule has 0 aliphatic carbocycles. The first-order valence-corrected chi connectivity index (χ1v) is 12.6. The maximum Gasteiger partial charge on any atom is 0.257 e. The highest BCUT2D eigenvalue weighted by Gasteiger charge is 2.25. The average molecular weight is 502 g/mol. The molecule has 0 saturated heterocycles. The molecule has 0 spiro atoms. The summed E-state index contributed by atoms with van der Waals surface area (Å²) in [5, 5.41) is 6.40. The Bertz CT molecular complexity index is 1210. The molecule has 0 fully saturated rings. The van der Waals surface area contributed by atoms with Crippen molar-refractivity contribution in [3.05, 3.63) is 83.9 Å². The standard InChI is InChI=1S/C30H35N3O4/c1-20-17-31-21(2)19-37-27-15-14-25(16-26(27)30(35)33(3)18-28(20)36-4)32-29(34)24-12-10-23(11-13-24)22-8-6-5-7-9-22/h5-16,20-21,28,31H,17-19H2,1-4H3,(H,32,34)/t20-,21-,28+/m1/s1. The third-order valence-electron chi connectivity index (χ3n) is 6.74. The Labute approximate surface area is 218 Å². The van der Waals surface area contributed by atoms with Gasteiger partial charge < -0.3 is 25.0 Å². The van der Waals surface area contributed by atoms with Crippen LogP contribution in [0.1, 0.15) is 34.6 Å². The molecule has 2 N–H and O–H groups in total. The van der Waals surface area contributed by atoms with Crippen LogP contribution < -0.4 is 15.4 Å². The summed E-state index contributed by atoms with van der Waals surface area (Å²) in [4.78, 5) is 28.1. The zero-order chi connectivity index (χ0) is 26.4. The van der Waals surface area contributed by atoms with E-state index in [0.29, 0.717) is 35.7 Å². The Kier molecular flexibility index (Phi) is 8.58. The van der Waals surface area contributed by atoms with Crippen LogP contribution in [0.3, 0.4) is 0 Å². The van der Waals surface area contributed by atoms with Crippen LogP contribution in [0, 0.1) is 5.92 Å². The molecule has 0 radical (unpaired) electrons. The van der Waals surface area contributed by atoms with Crippen molar-refractivity contribution < 1.29 is 19.1 Å². The molecule has 1 aliphatic rings. The van der Waals surface area contributed by atoms with Gasteiger partial charge in [0.15, 0.2) is 0 Å². The monoisotopic (exact) mass is 501 g/mol. The van der Waals surface area contributed by atoms with Crippen molar-refractivity contribution in [1.82, 2.24) is 10.2 Å². The molecule has 37 heavy (non-hydrogen) atoms. The van der Waals surface area contributed by atoms with Gasteiger partial charge in [-0.05, 0) is 54.3 Å². The van der Waals surface area contributed by atoms with Gasteiger partial charge in [-0.3, -0.25) is 9.59 Å². The zero-order valence-corrected chi connectivity index (χ0v) is 21.9. The van der Waals surface area contributed by atoms with E-state index in [1.165, 1.54) is 0 Å². The Balaban J connectivity index is 1.55. The second-order valence-electron chi connectivity index (χ2n) is 9.67. The number of fused-ring (bicyclic) bond motifs is 1. The van der Waals surface area contributed by atoms with Gasteiger partial charge in [0.05, 0.1) is 11.7 Å². The number of anilines is 1. The maximum absolute atomic E-state index is 13.4. The first kappa shape index (κ1) is 26.4. The zero-order valence-electron chi connectivity index (χ0n) is 21.9. The molecule has 7 heteroatoms. The Morgan fingerprint density at radius 3 is 2.43 bits per heavy atom. The number of likely N-dealkylation sites (N-methyl/N-ethyl adjacent to an activating group) is 1. The van der Waals surface area contributed by atoms with E-state index < -0.39 is 0 Å². The van der Waals surface area contributed by atoms with Gasteiger partial charge in [-0.25, -0.2) is 0 Å². The topological polar surface area (TPSA) is 79.9 Å². The second kappa shape index (κ2) is 12.0. The third-order valence-corrected chi connectivity index (χ3v) is 6.74. The molecule has 3 aromatic rings. The van der Waals surface area contributed by atoms with Crippen molar-refractivity contribution in [1.29, 1.82) is 0 Å². The van der Waals surface area contributed by atoms with E-state index in [9.17, 15) is 9.59 Å². The minimum absolute atomic E-state index is 0.0956. The van der Waals surface area contributed by atoms with Crippen LogP contribution in [0.2, 0.25) is 0 Å². The third kappa shape index (κ3) is 6.56. The highest BCUT2D eigenvalue weighted by molar-refractivity contribution is 6.05.